The van der Waals surface area contributed by atoms with Crippen LogP contribution in [0.25, 0.3) is 10.1 Å². The summed E-state index contributed by atoms with van der Waals surface area (Å²) in [7, 11) is 1.69. The van der Waals surface area contributed by atoms with Crippen LogP contribution in [-0.2, 0) is 6.42 Å². The summed E-state index contributed by atoms with van der Waals surface area (Å²) >= 11 is 6.20. The van der Waals surface area contributed by atoms with E-state index in [-0.39, 0.29) is 0 Å². The van der Waals surface area contributed by atoms with E-state index in [1.807, 2.05) is 0 Å². The highest BCUT2D eigenvalue weighted by atomic mass is 32.1. The summed E-state index contributed by atoms with van der Waals surface area (Å²) in [5.41, 5.74) is 1.35. The van der Waals surface area contributed by atoms with Crippen molar-refractivity contribution in [3.05, 3.63) is 23.1 Å². The zero-order valence-electron chi connectivity index (χ0n) is 8.20. The van der Waals surface area contributed by atoms with Gasteiger partial charge in [0.2, 0.25) is 0 Å². The Kier molecular flexibility index (Phi) is 2.70. The lowest BCUT2D eigenvalue weighted by atomic mass is 10.1. The van der Waals surface area contributed by atoms with E-state index in [1.165, 1.54) is 15.6 Å². The molecule has 3 heteroatoms. The quantitative estimate of drug-likeness (QED) is 0.764. The first-order valence-electron chi connectivity index (χ1n) is 4.54. The van der Waals surface area contributed by atoms with Gasteiger partial charge in [-0.05, 0) is 29.5 Å². The molecule has 0 amide bonds. The van der Waals surface area contributed by atoms with E-state index >= 15 is 0 Å². The molecule has 0 aliphatic carbocycles. The molecule has 0 unspecified atom stereocenters. The minimum atomic E-state index is 0.891. The van der Waals surface area contributed by atoms with E-state index in [9.17, 15) is 0 Å². The summed E-state index contributed by atoms with van der Waals surface area (Å²) in [6, 6.07) is 4.19. The summed E-state index contributed by atoms with van der Waals surface area (Å²) in [6.45, 7) is 2.16. The van der Waals surface area contributed by atoms with Crippen LogP contribution < -0.4 is 4.74 Å². The first kappa shape index (κ1) is 9.87. The summed E-state index contributed by atoms with van der Waals surface area (Å²) < 4.78 is 6.67. The normalized spacial score (nSPS) is 10.8. The van der Waals surface area contributed by atoms with E-state index in [4.69, 9.17) is 4.74 Å². The lowest BCUT2D eigenvalue weighted by Crippen LogP contribution is -1.88. The Balaban J connectivity index is 2.81. The monoisotopic (exact) mass is 224 g/mol. The zero-order chi connectivity index (χ0) is 10.1. The molecule has 0 N–H and O–H groups in total. The molecule has 0 fully saturated rings. The molecule has 0 aliphatic heterocycles. The largest absolute Gasteiger partial charge is 0.495 e. The van der Waals surface area contributed by atoms with Crippen LogP contribution >= 0.6 is 24.0 Å². The summed E-state index contributed by atoms with van der Waals surface area (Å²) in [6.07, 6.45) is 1.04. The van der Waals surface area contributed by atoms with E-state index < -0.39 is 0 Å². The van der Waals surface area contributed by atoms with Gasteiger partial charge >= 0.3 is 0 Å². The highest BCUT2D eigenvalue weighted by Gasteiger charge is 2.10. The number of benzene rings is 1. The maximum Gasteiger partial charge on any atom is 0.140 e. The maximum atomic E-state index is 5.35. The zero-order valence-corrected chi connectivity index (χ0v) is 9.91. The number of ether oxygens (including phenoxy) is 1. The maximum absolute atomic E-state index is 5.35. The Morgan fingerprint density at radius 3 is 2.93 bits per heavy atom. The van der Waals surface area contributed by atoms with Gasteiger partial charge in [0.05, 0.1) is 7.11 Å². The fourth-order valence-corrected chi connectivity index (χ4v) is 3.00. The van der Waals surface area contributed by atoms with E-state index in [2.05, 4.69) is 37.1 Å². The predicted molar refractivity (Wildman–Crippen MR) is 65.0 cm³/mol. The third kappa shape index (κ3) is 1.41. The van der Waals surface area contributed by atoms with Crippen molar-refractivity contribution >= 4 is 34.1 Å². The average molecular weight is 224 g/mol. The van der Waals surface area contributed by atoms with Gasteiger partial charge in [0.1, 0.15) is 5.75 Å². The third-order valence-corrected chi connectivity index (χ3v) is 3.65. The first-order valence-corrected chi connectivity index (χ1v) is 5.86. The summed E-state index contributed by atoms with van der Waals surface area (Å²) in [5.74, 6) is 0.891. The number of methoxy groups -OCH3 is 1. The summed E-state index contributed by atoms with van der Waals surface area (Å²) in [5, 5.41) is 3.28. The Hall–Kier alpha value is -0.670. The standard InChI is InChI=1S/C11H12OS2/c1-3-7-6-9(13)10(12-2)8-4-5-14-11(7)8/h4-6,13H,3H2,1-2H3. The molecule has 74 valence electrons. The van der Waals surface area contributed by atoms with Crippen LogP contribution in [-0.4, -0.2) is 7.11 Å². The van der Waals surface area contributed by atoms with Crippen molar-refractivity contribution in [1.82, 2.24) is 0 Å². The van der Waals surface area contributed by atoms with Crippen molar-refractivity contribution in [2.75, 3.05) is 7.11 Å². The summed E-state index contributed by atoms with van der Waals surface area (Å²) in [4.78, 5) is 0.926. The molecule has 0 aliphatic rings. The van der Waals surface area contributed by atoms with Crippen LogP contribution in [0.5, 0.6) is 5.75 Å². The van der Waals surface area contributed by atoms with Gasteiger partial charge in [0.15, 0.2) is 0 Å². The SMILES string of the molecule is CCc1cc(S)c(OC)c2ccsc12. The predicted octanol–water partition coefficient (Wildman–Crippen LogP) is 3.76. The Morgan fingerprint density at radius 2 is 2.29 bits per heavy atom. The van der Waals surface area contributed by atoms with E-state index in [1.54, 1.807) is 18.4 Å². The van der Waals surface area contributed by atoms with Gasteiger partial charge in [-0.15, -0.1) is 24.0 Å². The van der Waals surface area contributed by atoms with Gasteiger partial charge in [-0.3, -0.25) is 0 Å². The number of thiol groups is 1. The van der Waals surface area contributed by atoms with Gasteiger partial charge in [-0.1, -0.05) is 6.92 Å². The van der Waals surface area contributed by atoms with Crippen LogP contribution in [0.2, 0.25) is 0 Å². The Morgan fingerprint density at radius 1 is 1.50 bits per heavy atom. The van der Waals surface area contributed by atoms with Gasteiger partial charge in [0, 0.05) is 15.0 Å². The third-order valence-electron chi connectivity index (χ3n) is 2.33. The van der Waals surface area contributed by atoms with Crippen molar-refractivity contribution in [2.24, 2.45) is 0 Å². The van der Waals surface area contributed by atoms with E-state index in [0.717, 1.165) is 17.1 Å². The lowest BCUT2D eigenvalue weighted by molar-refractivity contribution is 0.410. The minimum Gasteiger partial charge on any atom is -0.495 e. The molecule has 14 heavy (non-hydrogen) atoms. The topological polar surface area (TPSA) is 9.23 Å². The fourth-order valence-electron chi connectivity index (χ4n) is 1.65. The average Bonchev–Trinajstić information content (AvgIpc) is 2.65. The van der Waals surface area contributed by atoms with Crippen molar-refractivity contribution < 1.29 is 4.74 Å². The number of rotatable bonds is 2. The minimum absolute atomic E-state index is 0.891. The van der Waals surface area contributed by atoms with Crippen molar-refractivity contribution in [3.8, 4) is 5.75 Å². The first-order chi connectivity index (χ1) is 6.77. The second kappa shape index (κ2) is 3.83. The molecule has 2 rings (SSSR count). The van der Waals surface area contributed by atoms with Crippen LogP contribution in [0.15, 0.2) is 22.4 Å². The number of hydrogen-bond donors (Lipinski definition) is 1. The number of thiophene rings is 1. The van der Waals surface area contributed by atoms with Crippen LogP contribution in [0, 0.1) is 0 Å². The molecule has 0 spiro atoms. The van der Waals surface area contributed by atoms with Crippen LogP contribution in [0.3, 0.4) is 0 Å². The Bertz CT molecular complexity index is 460. The molecule has 2 aromatic rings. The molecule has 1 aromatic carbocycles. The molecule has 0 saturated carbocycles. The molecule has 0 radical (unpaired) electrons. The van der Waals surface area contributed by atoms with Crippen molar-refractivity contribution in [1.29, 1.82) is 0 Å². The molecule has 1 nitrogen and oxygen atoms in total. The Labute approximate surface area is 93.1 Å². The number of fused-ring (bicyclic) bond motifs is 1. The van der Waals surface area contributed by atoms with Crippen LogP contribution in [0.1, 0.15) is 12.5 Å². The van der Waals surface area contributed by atoms with Gasteiger partial charge < -0.3 is 4.74 Å². The second-order valence-corrected chi connectivity index (χ2v) is 4.50. The molecule has 1 aromatic heterocycles. The highest BCUT2D eigenvalue weighted by Crippen LogP contribution is 2.37. The molecular weight excluding hydrogens is 212 g/mol. The fraction of sp³-hybridized carbons (Fsp3) is 0.273. The molecular formula is C11H12OS2. The molecule has 1 heterocycles. The van der Waals surface area contributed by atoms with E-state index in [0.29, 0.717) is 0 Å². The molecule has 0 bridgehead atoms. The van der Waals surface area contributed by atoms with Crippen molar-refractivity contribution in [2.45, 2.75) is 18.2 Å². The molecule has 0 atom stereocenters. The van der Waals surface area contributed by atoms with Gasteiger partial charge in [0.25, 0.3) is 0 Å². The van der Waals surface area contributed by atoms with Gasteiger partial charge in [-0.2, -0.15) is 0 Å². The lowest BCUT2D eigenvalue weighted by Gasteiger charge is -2.08. The van der Waals surface area contributed by atoms with Crippen LogP contribution in [0.4, 0.5) is 0 Å². The number of hydrogen-bond acceptors (Lipinski definition) is 3. The van der Waals surface area contributed by atoms with Crippen molar-refractivity contribution in [3.63, 3.8) is 0 Å². The second-order valence-electron chi connectivity index (χ2n) is 3.11. The smallest absolute Gasteiger partial charge is 0.140 e. The number of aryl methyl sites for hydroxylation is 1. The molecule has 0 saturated heterocycles. The highest BCUT2D eigenvalue weighted by molar-refractivity contribution is 7.80. The van der Waals surface area contributed by atoms with Gasteiger partial charge in [-0.25, -0.2) is 0 Å².